The zero-order chi connectivity index (χ0) is 17.9. The van der Waals surface area contributed by atoms with Crippen LogP contribution in [0.5, 0.6) is 5.75 Å². The molecule has 2 aromatic carbocycles. The number of carbonyl (C=O) groups is 1. The van der Waals surface area contributed by atoms with Crippen LogP contribution in [0.25, 0.3) is 0 Å². The molecule has 7 heteroatoms. The molecule has 0 atom stereocenters. The van der Waals surface area contributed by atoms with Gasteiger partial charge in [0.1, 0.15) is 5.75 Å². The molecule has 2 N–H and O–H groups in total. The quantitative estimate of drug-likeness (QED) is 0.870. The molecule has 0 unspecified atom stereocenters. The second-order valence-electron chi connectivity index (χ2n) is 5.47. The summed E-state index contributed by atoms with van der Waals surface area (Å²) in [6.45, 7) is 5.09. The Morgan fingerprint density at radius 3 is 2.38 bits per heavy atom. The van der Waals surface area contributed by atoms with Gasteiger partial charge in [-0.2, -0.15) is 0 Å². The zero-order valence-corrected chi connectivity index (χ0v) is 14.8. The minimum Gasteiger partial charge on any atom is -0.495 e. The molecule has 0 bridgehead atoms. The Morgan fingerprint density at radius 1 is 1.04 bits per heavy atom. The van der Waals surface area contributed by atoms with E-state index in [0.29, 0.717) is 11.4 Å². The number of amides is 1. The standard InChI is InChI=1S/C17H20N2O4S/c1-11-5-6-12(2)16(9-11)19-24(21,22)14-7-8-15(18-13(3)20)17(10-14)23-4/h5-10,19H,1-4H3,(H,18,20). The molecule has 0 spiro atoms. The third kappa shape index (κ3) is 4.05. The maximum absolute atomic E-state index is 12.6. The normalized spacial score (nSPS) is 11.0. The van der Waals surface area contributed by atoms with Crippen LogP contribution >= 0.6 is 0 Å². The molecule has 0 aliphatic carbocycles. The molecule has 0 aliphatic heterocycles. The van der Waals surface area contributed by atoms with Crippen LogP contribution in [0, 0.1) is 13.8 Å². The Labute approximate surface area is 141 Å². The molecule has 0 aromatic heterocycles. The fraction of sp³-hybridized carbons (Fsp3) is 0.235. The summed E-state index contributed by atoms with van der Waals surface area (Å²) in [7, 11) is -2.36. The highest BCUT2D eigenvalue weighted by atomic mass is 32.2. The molecule has 0 heterocycles. The van der Waals surface area contributed by atoms with Gasteiger partial charge in [-0.05, 0) is 43.2 Å². The number of benzene rings is 2. The molecule has 0 saturated carbocycles. The highest BCUT2D eigenvalue weighted by Gasteiger charge is 2.18. The molecule has 0 radical (unpaired) electrons. The molecule has 1 amide bonds. The van der Waals surface area contributed by atoms with Gasteiger partial charge in [0.15, 0.2) is 0 Å². The van der Waals surface area contributed by atoms with Crippen molar-refractivity contribution >= 4 is 27.3 Å². The van der Waals surface area contributed by atoms with Gasteiger partial charge >= 0.3 is 0 Å². The molecular weight excluding hydrogens is 328 g/mol. The molecule has 128 valence electrons. The van der Waals surface area contributed by atoms with Crippen molar-refractivity contribution in [1.82, 2.24) is 0 Å². The summed E-state index contributed by atoms with van der Waals surface area (Å²) in [5.41, 5.74) is 2.72. The van der Waals surface area contributed by atoms with Crippen LogP contribution in [0.3, 0.4) is 0 Å². The smallest absolute Gasteiger partial charge is 0.262 e. The first-order valence-electron chi connectivity index (χ1n) is 7.28. The van der Waals surface area contributed by atoms with E-state index in [9.17, 15) is 13.2 Å². The van der Waals surface area contributed by atoms with Crippen molar-refractivity contribution < 1.29 is 17.9 Å². The van der Waals surface area contributed by atoms with Gasteiger partial charge in [0.25, 0.3) is 10.0 Å². The van der Waals surface area contributed by atoms with E-state index >= 15 is 0 Å². The summed E-state index contributed by atoms with van der Waals surface area (Å²) in [6, 6.07) is 9.83. The molecule has 24 heavy (non-hydrogen) atoms. The number of aryl methyl sites for hydroxylation is 2. The third-order valence-corrected chi connectivity index (χ3v) is 4.79. The van der Waals surface area contributed by atoms with E-state index in [1.165, 1.54) is 32.2 Å². The van der Waals surface area contributed by atoms with E-state index in [1.807, 2.05) is 26.0 Å². The number of rotatable bonds is 5. The first-order valence-corrected chi connectivity index (χ1v) is 8.77. The van der Waals surface area contributed by atoms with Crippen molar-refractivity contribution in [2.45, 2.75) is 25.7 Å². The second-order valence-corrected chi connectivity index (χ2v) is 7.15. The van der Waals surface area contributed by atoms with E-state index in [2.05, 4.69) is 10.0 Å². The molecule has 2 rings (SSSR count). The van der Waals surface area contributed by atoms with Crippen LogP contribution in [0.1, 0.15) is 18.1 Å². The van der Waals surface area contributed by atoms with Gasteiger partial charge < -0.3 is 10.1 Å². The lowest BCUT2D eigenvalue weighted by Gasteiger charge is -2.14. The Morgan fingerprint density at radius 2 is 1.75 bits per heavy atom. The number of ether oxygens (including phenoxy) is 1. The first kappa shape index (κ1) is 17.8. The Bertz CT molecular complexity index is 876. The molecular formula is C17H20N2O4S. The minimum atomic E-state index is -3.77. The van der Waals surface area contributed by atoms with Crippen LogP contribution in [0.2, 0.25) is 0 Å². The average molecular weight is 348 g/mol. The van der Waals surface area contributed by atoms with Crippen LogP contribution in [-0.2, 0) is 14.8 Å². The monoisotopic (exact) mass is 348 g/mol. The van der Waals surface area contributed by atoms with Crippen LogP contribution in [-0.4, -0.2) is 21.4 Å². The number of hydrogen-bond acceptors (Lipinski definition) is 4. The Balaban J connectivity index is 2.38. The molecule has 6 nitrogen and oxygen atoms in total. The Kier molecular flexibility index (Phi) is 5.14. The van der Waals surface area contributed by atoms with Gasteiger partial charge in [-0.25, -0.2) is 8.42 Å². The molecule has 0 aliphatic rings. The zero-order valence-electron chi connectivity index (χ0n) is 14.0. The number of methoxy groups -OCH3 is 1. The number of nitrogens with one attached hydrogen (secondary N) is 2. The molecule has 0 saturated heterocycles. The van der Waals surface area contributed by atoms with E-state index in [0.717, 1.165) is 11.1 Å². The molecule has 0 fully saturated rings. The fourth-order valence-electron chi connectivity index (χ4n) is 2.18. The summed E-state index contributed by atoms with van der Waals surface area (Å²) < 4.78 is 33.0. The lowest BCUT2D eigenvalue weighted by atomic mass is 10.1. The lowest BCUT2D eigenvalue weighted by Crippen LogP contribution is -2.14. The number of sulfonamides is 1. The second kappa shape index (κ2) is 6.92. The van der Waals surface area contributed by atoms with Crippen molar-refractivity contribution in [3.63, 3.8) is 0 Å². The highest BCUT2D eigenvalue weighted by molar-refractivity contribution is 7.92. The van der Waals surface area contributed by atoms with E-state index in [1.54, 1.807) is 6.07 Å². The van der Waals surface area contributed by atoms with E-state index in [4.69, 9.17) is 4.74 Å². The number of anilines is 2. The summed E-state index contributed by atoms with van der Waals surface area (Å²) >= 11 is 0. The topological polar surface area (TPSA) is 84.5 Å². The third-order valence-electron chi connectivity index (χ3n) is 3.43. The largest absolute Gasteiger partial charge is 0.495 e. The summed E-state index contributed by atoms with van der Waals surface area (Å²) in [5.74, 6) is 0.00598. The van der Waals surface area contributed by atoms with Crippen molar-refractivity contribution in [2.24, 2.45) is 0 Å². The lowest BCUT2D eigenvalue weighted by molar-refractivity contribution is -0.114. The van der Waals surface area contributed by atoms with Crippen LogP contribution < -0.4 is 14.8 Å². The van der Waals surface area contributed by atoms with Gasteiger partial charge in [-0.15, -0.1) is 0 Å². The highest BCUT2D eigenvalue weighted by Crippen LogP contribution is 2.29. The summed E-state index contributed by atoms with van der Waals surface area (Å²) in [5, 5.41) is 2.59. The van der Waals surface area contributed by atoms with Crippen molar-refractivity contribution in [2.75, 3.05) is 17.1 Å². The maximum atomic E-state index is 12.6. The van der Waals surface area contributed by atoms with Gasteiger partial charge in [0, 0.05) is 13.0 Å². The van der Waals surface area contributed by atoms with E-state index < -0.39 is 10.0 Å². The Hall–Kier alpha value is -2.54. The van der Waals surface area contributed by atoms with Gasteiger partial charge in [0.05, 0.1) is 23.4 Å². The van der Waals surface area contributed by atoms with Crippen LogP contribution in [0.4, 0.5) is 11.4 Å². The van der Waals surface area contributed by atoms with E-state index in [-0.39, 0.29) is 16.6 Å². The first-order chi connectivity index (χ1) is 11.2. The predicted molar refractivity (Wildman–Crippen MR) is 94.0 cm³/mol. The average Bonchev–Trinajstić information content (AvgIpc) is 2.50. The van der Waals surface area contributed by atoms with Crippen molar-refractivity contribution in [3.8, 4) is 5.75 Å². The van der Waals surface area contributed by atoms with Gasteiger partial charge in [-0.1, -0.05) is 12.1 Å². The van der Waals surface area contributed by atoms with Crippen molar-refractivity contribution in [3.05, 3.63) is 47.5 Å². The van der Waals surface area contributed by atoms with Gasteiger partial charge in [0.2, 0.25) is 5.91 Å². The van der Waals surface area contributed by atoms with Crippen LogP contribution in [0.15, 0.2) is 41.3 Å². The summed E-state index contributed by atoms with van der Waals surface area (Å²) in [6.07, 6.45) is 0. The maximum Gasteiger partial charge on any atom is 0.262 e. The summed E-state index contributed by atoms with van der Waals surface area (Å²) in [4.78, 5) is 11.2. The number of carbonyl (C=O) groups excluding carboxylic acids is 1. The minimum absolute atomic E-state index is 0.0503. The number of hydrogen-bond donors (Lipinski definition) is 2. The van der Waals surface area contributed by atoms with Crippen molar-refractivity contribution in [1.29, 1.82) is 0 Å². The fourth-order valence-corrected chi connectivity index (χ4v) is 3.32. The predicted octanol–water partition coefficient (Wildman–Crippen LogP) is 3.07. The van der Waals surface area contributed by atoms with Gasteiger partial charge in [-0.3, -0.25) is 9.52 Å². The molecule has 2 aromatic rings. The SMILES string of the molecule is COc1cc(S(=O)(=O)Nc2cc(C)ccc2C)ccc1NC(C)=O.